The predicted molar refractivity (Wildman–Crippen MR) is 79.1 cm³/mol. The molecule has 0 saturated heterocycles. The lowest BCUT2D eigenvalue weighted by molar-refractivity contribution is 0.507. The molecule has 1 aromatic carbocycles. The van der Waals surface area contributed by atoms with E-state index in [1.807, 2.05) is 11.3 Å². The topological polar surface area (TPSA) is 0 Å². The van der Waals surface area contributed by atoms with Crippen molar-refractivity contribution in [2.45, 2.75) is 52.4 Å². The molecule has 1 heteroatoms. The second kappa shape index (κ2) is 4.81. The molecule has 0 atom stereocenters. The lowest BCUT2D eigenvalue weighted by Gasteiger charge is -2.24. The second-order valence-corrected chi connectivity index (χ2v) is 6.52. The van der Waals surface area contributed by atoms with Crippen molar-refractivity contribution in [1.82, 2.24) is 0 Å². The molecule has 0 fully saturated rings. The number of hydrogen-bond acceptors (Lipinski definition) is 1. The molecular weight excluding hydrogens is 224 g/mol. The van der Waals surface area contributed by atoms with E-state index in [1.54, 1.807) is 10.4 Å². The fourth-order valence-corrected chi connectivity index (χ4v) is 3.90. The van der Waals surface area contributed by atoms with Crippen LogP contribution in [0.5, 0.6) is 0 Å². The van der Waals surface area contributed by atoms with E-state index in [2.05, 4.69) is 52.0 Å². The van der Waals surface area contributed by atoms with Gasteiger partial charge < -0.3 is 0 Å². The highest BCUT2D eigenvalue weighted by Crippen LogP contribution is 2.41. The largest absolute Gasteiger partial charge is 0.140 e. The van der Waals surface area contributed by atoms with Crippen LogP contribution in [0.15, 0.2) is 24.3 Å². The van der Waals surface area contributed by atoms with Gasteiger partial charge in [0.15, 0.2) is 0 Å². The van der Waals surface area contributed by atoms with Gasteiger partial charge in [-0.05, 0) is 35.3 Å². The highest BCUT2D eigenvalue weighted by molar-refractivity contribution is 7.19. The number of hydrogen-bond donors (Lipinski definition) is 0. The summed E-state index contributed by atoms with van der Waals surface area (Å²) in [6, 6.07) is 8.86. The second-order valence-electron chi connectivity index (χ2n) is 5.38. The molecule has 0 unspecified atom stereocenters. The summed E-state index contributed by atoms with van der Waals surface area (Å²) >= 11 is 1.99. The van der Waals surface area contributed by atoms with Crippen molar-refractivity contribution in [2.75, 3.05) is 0 Å². The first kappa shape index (κ1) is 12.6. The highest BCUT2D eigenvalue weighted by Gasteiger charge is 2.25. The maximum atomic E-state index is 2.38. The Morgan fingerprint density at radius 2 is 1.82 bits per heavy atom. The average Bonchev–Trinajstić information content (AvgIpc) is 2.68. The first-order chi connectivity index (χ1) is 8.10. The van der Waals surface area contributed by atoms with Crippen molar-refractivity contribution < 1.29 is 0 Å². The van der Waals surface area contributed by atoms with Gasteiger partial charge >= 0.3 is 0 Å². The SMILES string of the molecule is CCCc1sc2ccccc2c1C(C)(C)CC. The molecule has 0 amide bonds. The minimum absolute atomic E-state index is 0.296. The number of thiophene rings is 1. The third-order valence-corrected chi connectivity index (χ3v) is 4.94. The monoisotopic (exact) mass is 246 g/mol. The van der Waals surface area contributed by atoms with E-state index in [-0.39, 0.29) is 0 Å². The summed E-state index contributed by atoms with van der Waals surface area (Å²) < 4.78 is 1.45. The Morgan fingerprint density at radius 3 is 2.47 bits per heavy atom. The molecule has 0 aliphatic heterocycles. The molecule has 2 rings (SSSR count). The van der Waals surface area contributed by atoms with Gasteiger partial charge in [0, 0.05) is 9.58 Å². The molecule has 0 bridgehead atoms. The molecule has 0 spiro atoms. The maximum Gasteiger partial charge on any atom is 0.0348 e. The van der Waals surface area contributed by atoms with Gasteiger partial charge in [0.2, 0.25) is 0 Å². The summed E-state index contributed by atoms with van der Waals surface area (Å²) in [5.41, 5.74) is 1.90. The van der Waals surface area contributed by atoms with Gasteiger partial charge in [-0.1, -0.05) is 52.3 Å². The van der Waals surface area contributed by atoms with Gasteiger partial charge in [-0.2, -0.15) is 0 Å². The van der Waals surface area contributed by atoms with E-state index < -0.39 is 0 Å². The highest BCUT2D eigenvalue weighted by atomic mass is 32.1. The van der Waals surface area contributed by atoms with Crippen LogP contribution >= 0.6 is 11.3 Å². The zero-order valence-electron chi connectivity index (χ0n) is 11.3. The zero-order valence-corrected chi connectivity index (χ0v) is 12.2. The molecule has 2 aromatic rings. The Labute approximate surface area is 109 Å². The van der Waals surface area contributed by atoms with Crippen molar-refractivity contribution in [3.05, 3.63) is 34.7 Å². The van der Waals surface area contributed by atoms with Gasteiger partial charge in [-0.15, -0.1) is 11.3 Å². The summed E-state index contributed by atoms with van der Waals surface area (Å²) in [5.74, 6) is 0. The Kier molecular flexibility index (Phi) is 3.58. The summed E-state index contributed by atoms with van der Waals surface area (Å²) in [7, 11) is 0. The number of aryl methyl sites for hydroxylation is 1. The Bertz CT molecular complexity index is 505. The van der Waals surface area contributed by atoms with Crippen molar-refractivity contribution in [2.24, 2.45) is 0 Å². The summed E-state index contributed by atoms with van der Waals surface area (Å²) in [5, 5.41) is 1.48. The van der Waals surface area contributed by atoms with E-state index in [0.717, 1.165) is 0 Å². The van der Waals surface area contributed by atoms with E-state index in [9.17, 15) is 0 Å². The average molecular weight is 246 g/mol. The first-order valence-electron chi connectivity index (χ1n) is 6.61. The lowest BCUT2D eigenvalue weighted by Crippen LogP contribution is -2.16. The Morgan fingerprint density at radius 1 is 1.12 bits per heavy atom. The van der Waals surface area contributed by atoms with Gasteiger partial charge in [0.05, 0.1) is 0 Å². The van der Waals surface area contributed by atoms with E-state index >= 15 is 0 Å². The lowest BCUT2D eigenvalue weighted by atomic mass is 9.80. The summed E-state index contributed by atoms with van der Waals surface area (Å²) in [6.45, 7) is 9.32. The Hall–Kier alpha value is -0.820. The van der Waals surface area contributed by atoms with Crippen molar-refractivity contribution >= 4 is 21.4 Å². The quantitative estimate of drug-likeness (QED) is 0.664. The van der Waals surface area contributed by atoms with Crippen molar-refractivity contribution in [1.29, 1.82) is 0 Å². The maximum absolute atomic E-state index is 2.38. The third kappa shape index (κ3) is 2.26. The molecular formula is C16H22S. The van der Waals surface area contributed by atoms with Crippen LogP contribution in [0, 0.1) is 0 Å². The predicted octanol–water partition coefficient (Wildman–Crippen LogP) is 5.54. The molecule has 0 nitrogen and oxygen atoms in total. The molecule has 0 saturated carbocycles. The summed E-state index contributed by atoms with van der Waals surface area (Å²) in [4.78, 5) is 1.60. The van der Waals surface area contributed by atoms with Crippen LogP contribution < -0.4 is 0 Å². The van der Waals surface area contributed by atoms with Crippen molar-refractivity contribution in [3.63, 3.8) is 0 Å². The number of rotatable bonds is 4. The molecule has 0 radical (unpaired) electrons. The molecule has 0 aliphatic rings. The molecule has 92 valence electrons. The minimum atomic E-state index is 0.296. The number of benzene rings is 1. The molecule has 0 N–H and O–H groups in total. The number of fused-ring (bicyclic) bond motifs is 1. The van der Waals surface area contributed by atoms with Crippen LogP contribution in [-0.4, -0.2) is 0 Å². The first-order valence-corrected chi connectivity index (χ1v) is 7.42. The van der Waals surface area contributed by atoms with Gasteiger partial charge in [0.25, 0.3) is 0 Å². The van der Waals surface area contributed by atoms with E-state index in [0.29, 0.717) is 5.41 Å². The molecule has 17 heavy (non-hydrogen) atoms. The van der Waals surface area contributed by atoms with Crippen LogP contribution in [0.25, 0.3) is 10.1 Å². The standard InChI is InChI=1S/C16H22S/c1-5-9-14-15(16(3,4)6-2)12-10-7-8-11-13(12)17-14/h7-8,10-11H,5-6,9H2,1-4H3. The van der Waals surface area contributed by atoms with Gasteiger partial charge in [-0.3, -0.25) is 0 Å². The van der Waals surface area contributed by atoms with E-state index in [1.165, 1.54) is 29.3 Å². The van der Waals surface area contributed by atoms with Crippen molar-refractivity contribution in [3.8, 4) is 0 Å². The molecule has 0 aliphatic carbocycles. The van der Waals surface area contributed by atoms with Crippen LogP contribution in [0.2, 0.25) is 0 Å². The Balaban J connectivity index is 2.68. The van der Waals surface area contributed by atoms with Crippen LogP contribution in [-0.2, 0) is 11.8 Å². The fourth-order valence-electron chi connectivity index (χ4n) is 2.42. The smallest absolute Gasteiger partial charge is 0.0348 e. The molecule has 1 heterocycles. The summed E-state index contributed by atoms with van der Waals surface area (Å²) in [6.07, 6.45) is 3.65. The van der Waals surface area contributed by atoms with Gasteiger partial charge in [0.1, 0.15) is 0 Å². The molecule has 1 aromatic heterocycles. The van der Waals surface area contributed by atoms with E-state index in [4.69, 9.17) is 0 Å². The van der Waals surface area contributed by atoms with Crippen LogP contribution in [0.4, 0.5) is 0 Å². The normalized spacial score (nSPS) is 12.2. The van der Waals surface area contributed by atoms with Crippen LogP contribution in [0.1, 0.15) is 51.0 Å². The zero-order chi connectivity index (χ0) is 12.5. The third-order valence-electron chi connectivity index (χ3n) is 3.71. The fraction of sp³-hybridized carbons (Fsp3) is 0.500. The van der Waals surface area contributed by atoms with Gasteiger partial charge in [-0.25, -0.2) is 0 Å². The van der Waals surface area contributed by atoms with Crippen LogP contribution in [0.3, 0.4) is 0 Å². The minimum Gasteiger partial charge on any atom is -0.140 e.